The van der Waals surface area contributed by atoms with Crippen LogP contribution in [0.5, 0.6) is 0 Å². The molecule has 21 heavy (non-hydrogen) atoms. The number of hydrogen-bond donors (Lipinski definition) is 1. The van der Waals surface area contributed by atoms with E-state index in [1.165, 1.54) is 0 Å². The predicted octanol–water partition coefficient (Wildman–Crippen LogP) is 3.63. The highest BCUT2D eigenvalue weighted by Crippen LogP contribution is 2.33. The monoisotopic (exact) mass is 311 g/mol. The lowest BCUT2D eigenvalue weighted by atomic mass is 9.95. The molecule has 0 spiro atoms. The lowest BCUT2D eigenvalue weighted by Crippen LogP contribution is -2.35. The molecule has 0 saturated carbocycles. The molecule has 1 N–H and O–H groups in total. The number of aliphatic hydroxyl groups is 1. The quantitative estimate of drug-likeness (QED) is 0.907. The van der Waals surface area contributed by atoms with Crippen LogP contribution in [0.1, 0.15) is 38.9 Å². The second kappa shape index (κ2) is 6.24. The predicted molar refractivity (Wildman–Crippen MR) is 82.3 cm³/mol. The summed E-state index contributed by atoms with van der Waals surface area (Å²) in [5, 5.41) is 11.0. The highest BCUT2D eigenvalue weighted by atomic mass is 35.5. The van der Waals surface area contributed by atoms with Crippen molar-refractivity contribution in [2.75, 3.05) is 13.1 Å². The van der Waals surface area contributed by atoms with Crippen molar-refractivity contribution in [3.8, 4) is 0 Å². The number of carbonyl (C=O) groups is 1. The molecule has 0 aromatic heterocycles. The number of halogens is 1. The lowest BCUT2D eigenvalue weighted by molar-refractivity contribution is 0.0268. The van der Waals surface area contributed by atoms with Crippen molar-refractivity contribution in [1.29, 1.82) is 0 Å². The Labute approximate surface area is 130 Å². The summed E-state index contributed by atoms with van der Waals surface area (Å²) in [6.45, 7) is 6.62. The molecule has 1 heterocycles. The second-order valence-corrected chi connectivity index (χ2v) is 6.85. The number of likely N-dealkylation sites (tertiary alicyclic amines) is 1. The molecule has 1 amide bonds. The van der Waals surface area contributed by atoms with Crippen LogP contribution in [0.4, 0.5) is 4.79 Å². The first-order chi connectivity index (χ1) is 9.78. The summed E-state index contributed by atoms with van der Waals surface area (Å²) in [4.78, 5) is 13.7. The van der Waals surface area contributed by atoms with Gasteiger partial charge >= 0.3 is 6.09 Å². The lowest BCUT2D eigenvalue weighted by Gasteiger charge is -2.25. The number of hydrogen-bond acceptors (Lipinski definition) is 3. The minimum atomic E-state index is -0.661. The topological polar surface area (TPSA) is 49.8 Å². The number of ether oxygens (including phenoxy) is 1. The Morgan fingerprint density at radius 1 is 1.43 bits per heavy atom. The number of benzene rings is 1. The SMILES string of the molecule is CC(C)(C)OC(=O)N1CCC(C(O)c2ccccc2Cl)C1. The maximum absolute atomic E-state index is 12.0. The van der Waals surface area contributed by atoms with Crippen LogP contribution in [0.25, 0.3) is 0 Å². The molecule has 1 aliphatic heterocycles. The third kappa shape index (κ3) is 4.11. The van der Waals surface area contributed by atoms with E-state index in [4.69, 9.17) is 16.3 Å². The first-order valence-electron chi connectivity index (χ1n) is 7.18. The van der Waals surface area contributed by atoms with Crippen LogP contribution in [0, 0.1) is 5.92 Å². The molecule has 2 atom stereocenters. The molecule has 2 rings (SSSR count). The van der Waals surface area contributed by atoms with Gasteiger partial charge in [-0.15, -0.1) is 0 Å². The van der Waals surface area contributed by atoms with E-state index in [-0.39, 0.29) is 12.0 Å². The summed E-state index contributed by atoms with van der Waals surface area (Å²) >= 11 is 6.12. The van der Waals surface area contributed by atoms with Crippen LogP contribution in [0.3, 0.4) is 0 Å². The number of nitrogens with zero attached hydrogens (tertiary/aromatic N) is 1. The minimum Gasteiger partial charge on any atom is -0.444 e. The van der Waals surface area contributed by atoms with Crippen molar-refractivity contribution in [2.45, 2.75) is 38.9 Å². The van der Waals surface area contributed by atoms with Crippen LogP contribution in [0.2, 0.25) is 5.02 Å². The van der Waals surface area contributed by atoms with E-state index in [1.54, 1.807) is 11.0 Å². The van der Waals surface area contributed by atoms with E-state index in [1.807, 2.05) is 39.0 Å². The van der Waals surface area contributed by atoms with E-state index >= 15 is 0 Å². The van der Waals surface area contributed by atoms with Gasteiger partial charge in [0.25, 0.3) is 0 Å². The van der Waals surface area contributed by atoms with E-state index in [9.17, 15) is 9.90 Å². The molecule has 4 nitrogen and oxygen atoms in total. The standard InChI is InChI=1S/C16H22ClNO3/c1-16(2,3)21-15(20)18-9-8-11(10-18)14(19)12-6-4-5-7-13(12)17/h4-7,11,14,19H,8-10H2,1-3H3. The third-order valence-electron chi connectivity index (χ3n) is 3.55. The van der Waals surface area contributed by atoms with Crippen molar-refractivity contribution >= 4 is 17.7 Å². The van der Waals surface area contributed by atoms with Crippen LogP contribution in [-0.4, -0.2) is 34.8 Å². The Balaban J connectivity index is 1.99. The van der Waals surface area contributed by atoms with Gasteiger partial charge in [0.15, 0.2) is 0 Å². The van der Waals surface area contributed by atoms with Gasteiger partial charge in [0.05, 0.1) is 6.10 Å². The first kappa shape index (κ1) is 16.1. The zero-order valence-corrected chi connectivity index (χ0v) is 13.4. The summed E-state index contributed by atoms with van der Waals surface area (Å²) in [5.41, 5.74) is 0.214. The Morgan fingerprint density at radius 3 is 2.71 bits per heavy atom. The van der Waals surface area contributed by atoms with Crippen molar-refractivity contribution < 1.29 is 14.6 Å². The van der Waals surface area contributed by atoms with E-state index < -0.39 is 11.7 Å². The molecule has 5 heteroatoms. The average molecular weight is 312 g/mol. The number of carbonyl (C=O) groups excluding carboxylic acids is 1. The molecule has 0 bridgehead atoms. The van der Waals surface area contributed by atoms with E-state index in [0.717, 1.165) is 12.0 Å². The van der Waals surface area contributed by atoms with Crippen molar-refractivity contribution in [1.82, 2.24) is 4.90 Å². The molecule has 1 aliphatic rings. The van der Waals surface area contributed by atoms with Gasteiger partial charge in [-0.2, -0.15) is 0 Å². The van der Waals surface area contributed by atoms with Crippen LogP contribution in [-0.2, 0) is 4.74 Å². The van der Waals surface area contributed by atoms with Gasteiger partial charge in [0, 0.05) is 24.0 Å². The van der Waals surface area contributed by atoms with E-state index in [0.29, 0.717) is 18.1 Å². The largest absolute Gasteiger partial charge is 0.444 e. The molecule has 1 saturated heterocycles. The van der Waals surface area contributed by atoms with Gasteiger partial charge in [-0.05, 0) is 38.8 Å². The van der Waals surface area contributed by atoms with Crippen molar-refractivity contribution in [3.63, 3.8) is 0 Å². The molecule has 1 aromatic carbocycles. The summed E-state index contributed by atoms with van der Waals surface area (Å²) in [7, 11) is 0. The Kier molecular flexibility index (Phi) is 4.79. The zero-order chi connectivity index (χ0) is 15.6. The Hall–Kier alpha value is -1.26. The van der Waals surface area contributed by atoms with Crippen molar-refractivity contribution in [2.24, 2.45) is 5.92 Å². The number of aliphatic hydroxyl groups excluding tert-OH is 1. The van der Waals surface area contributed by atoms with E-state index in [2.05, 4.69) is 0 Å². The second-order valence-electron chi connectivity index (χ2n) is 6.44. The first-order valence-corrected chi connectivity index (χ1v) is 7.56. The molecule has 0 aliphatic carbocycles. The summed E-state index contributed by atoms with van der Waals surface area (Å²) < 4.78 is 5.36. The number of rotatable bonds is 2. The fourth-order valence-corrected chi connectivity index (χ4v) is 2.75. The van der Waals surface area contributed by atoms with Crippen LogP contribution in [0.15, 0.2) is 24.3 Å². The highest BCUT2D eigenvalue weighted by molar-refractivity contribution is 6.31. The molecule has 2 unspecified atom stereocenters. The summed E-state index contributed by atoms with van der Waals surface area (Å²) in [6, 6.07) is 7.27. The van der Waals surface area contributed by atoms with Gasteiger partial charge in [0.2, 0.25) is 0 Å². The zero-order valence-electron chi connectivity index (χ0n) is 12.7. The molecule has 0 radical (unpaired) electrons. The van der Waals surface area contributed by atoms with Crippen LogP contribution < -0.4 is 0 Å². The van der Waals surface area contributed by atoms with Crippen LogP contribution >= 0.6 is 11.6 Å². The normalized spacial score (nSPS) is 20.4. The van der Waals surface area contributed by atoms with Gasteiger partial charge < -0.3 is 14.7 Å². The maximum atomic E-state index is 12.0. The molecule has 1 fully saturated rings. The Morgan fingerprint density at radius 2 is 2.10 bits per heavy atom. The molecule has 1 aromatic rings. The molecular weight excluding hydrogens is 290 g/mol. The Bertz CT molecular complexity index is 512. The fourth-order valence-electron chi connectivity index (χ4n) is 2.51. The maximum Gasteiger partial charge on any atom is 0.410 e. The van der Waals surface area contributed by atoms with Crippen molar-refractivity contribution in [3.05, 3.63) is 34.9 Å². The summed E-state index contributed by atoms with van der Waals surface area (Å²) in [5.74, 6) is -0.0163. The molecule has 116 valence electrons. The average Bonchev–Trinajstić information content (AvgIpc) is 2.86. The van der Waals surface area contributed by atoms with Gasteiger partial charge in [-0.25, -0.2) is 4.79 Å². The van der Waals surface area contributed by atoms with Gasteiger partial charge in [-0.1, -0.05) is 29.8 Å². The smallest absolute Gasteiger partial charge is 0.410 e. The summed E-state index contributed by atoms with van der Waals surface area (Å²) in [6.07, 6.45) is -0.242. The number of amides is 1. The van der Waals surface area contributed by atoms with Gasteiger partial charge in [-0.3, -0.25) is 0 Å². The van der Waals surface area contributed by atoms with Gasteiger partial charge in [0.1, 0.15) is 5.60 Å². The fraction of sp³-hybridized carbons (Fsp3) is 0.562. The highest BCUT2D eigenvalue weighted by Gasteiger charge is 2.34. The third-order valence-corrected chi connectivity index (χ3v) is 3.89. The molecular formula is C16H22ClNO3. The minimum absolute atomic E-state index is 0.0163.